The Balaban J connectivity index is 2.11. The predicted molar refractivity (Wildman–Crippen MR) is 55.7 cm³/mol. The molecule has 14 heavy (non-hydrogen) atoms. The molecule has 0 atom stereocenters. The van der Waals surface area contributed by atoms with Gasteiger partial charge in [-0.1, -0.05) is 30.3 Å². The van der Waals surface area contributed by atoms with Crippen molar-refractivity contribution in [3.05, 3.63) is 54.1 Å². The Hall–Kier alpha value is -1.61. The van der Waals surface area contributed by atoms with Crippen LogP contribution < -0.4 is 5.73 Å². The van der Waals surface area contributed by atoms with E-state index in [-0.39, 0.29) is 0 Å². The first-order chi connectivity index (χ1) is 6.88. The normalized spacial score (nSPS) is 10.4. The summed E-state index contributed by atoms with van der Waals surface area (Å²) in [5.41, 5.74) is 7.68. The Bertz CT molecular complexity index is 392. The lowest BCUT2D eigenvalue weighted by molar-refractivity contribution is 0.796. The van der Waals surface area contributed by atoms with Crippen molar-refractivity contribution in [2.75, 3.05) is 0 Å². The Morgan fingerprint density at radius 2 is 2.00 bits per heavy atom. The van der Waals surface area contributed by atoms with E-state index in [4.69, 9.17) is 5.73 Å². The molecule has 0 amide bonds. The van der Waals surface area contributed by atoms with Crippen LogP contribution in [-0.4, -0.2) is 9.55 Å². The molecule has 1 aromatic carbocycles. The fourth-order valence-corrected chi connectivity index (χ4v) is 1.39. The van der Waals surface area contributed by atoms with Gasteiger partial charge < -0.3 is 10.3 Å². The maximum atomic E-state index is 5.48. The van der Waals surface area contributed by atoms with E-state index >= 15 is 0 Å². The van der Waals surface area contributed by atoms with Crippen LogP contribution in [0.5, 0.6) is 0 Å². The van der Waals surface area contributed by atoms with Crippen molar-refractivity contribution in [1.82, 2.24) is 9.55 Å². The summed E-state index contributed by atoms with van der Waals surface area (Å²) in [5.74, 6) is 0. The second-order valence-electron chi connectivity index (χ2n) is 3.23. The van der Waals surface area contributed by atoms with Gasteiger partial charge in [0.25, 0.3) is 0 Å². The Labute approximate surface area is 83.2 Å². The van der Waals surface area contributed by atoms with Gasteiger partial charge in [-0.25, -0.2) is 4.98 Å². The number of hydrogen-bond acceptors (Lipinski definition) is 2. The summed E-state index contributed by atoms with van der Waals surface area (Å²) in [5, 5.41) is 0. The number of imidazole rings is 1. The SMILES string of the molecule is NCc1cn(Cc2ccccc2)cn1. The van der Waals surface area contributed by atoms with E-state index in [0.29, 0.717) is 6.54 Å². The predicted octanol–water partition coefficient (Wildman–Crippen LogP) is 1.39. The van der Waals surface area contributed by atoms with E-state index in [1.165, 1.54) is 5.56 Å². The zero-order valence-corrected chi connectivity index (χ0v) is 7.93. The molecule has 0 saturated carbocycles. The van der Waals surface area contributed by atoms with Crippen LogP contribution in [0.1, 0.15) is 11.3 Å². The van der Waals surface area contributed by atoms with Crippen molar-refractivity contribution >= 4 is 0 Å². The molecule has 2 N–H and O–H groups in total. The lowest BCUT2D eigenvalue weighted by atomic mass is 10.2. The molecule has 0 radical (unpaired) electrons. The minimum atomic E-state index is 0.502. The Kier molecular flexibility index (Phi) is 2.60. The molecule has 0 spiro atoms. The van der Waals surface area contributed by atoms with Gasteiger partial charge in [-0.15, -0.1) is 0 Å². The highest BCUT2D eigenvalue weighted by Gasteiger charge is 1.96. The molecular weight excluding hydrogens is 174 g/mol. The minimum Gasteiger partial charge on any atom is -0.333 e. The van der Waals surface area contributed by atoms with Gasteiger partial charge in [0.15, 0.2) is 0 Å². The van der Waals surface area contributed by atoms with E-state index in [0.717, 1.165) is 12.2 Å². The lowest BCUT2D eigenvalue weighted by Crippen LogP contribution is -1.97. The molecule has 0 aliphatic carbocycles. The average molecular weight is 187 g/mol. The third kappa shape index (κ3) is 2.00. The first kappa shape index (κ1) is 8.97. The fourth-order valence-electron chi connectivity index (χ4n) is 1.39. The standard InChI is InChI=1S/C11H13N3/c12-6-11-8-14(9-13-11)7-10-4-2-1-3-5-10/h1-5,8-9H,6-7,12H2. The zero-order valence-electron chi connectivity index (χ0n) is 7.93. The van der Waals surface area contributed by atoms with Crippen molar-refractivity contribution < 1.29 is 0 Å². The van der Waals surface area contributed by atoms with E-state index in [1.807, 2.05) is 35.3 Å². The van der Waals surface area contributed by atoms with E-state index in [1.54, 1.807) is 0 Å². The summed E-state index contributed by atoms with van der Waals surface area (Å²) >= 11 is 0. The highest BCUT2D eigenvalue weighted by molar-refractivity contribution is 5.15. The molecule has 0 unspecified atom stereocenters. The molecule has 3 heteroatoms. The smallest absolute Gasteiger partial charge is 0.0953 e. The second kappa shape index (κ2) is 4.07. The maximum Gasteiger partial charge on any atom is 0.0953 e. The largest absolute Gasteiger partial charge is 0.333 e. The van der Waals surface area contributed by atoms with Crippen molar-refractivity contribution in [3.8, 4) is 0 Å². The molecule has 1 heterocycles. The first-order valence-electron chi connectivity index (χ1n) is 4.63. The van der Waals surface area contributed by atoms with Crippen molar-refractivity contribution in [2.45, 2.75) is 13.1 Å². The van der Waals surface area contributed by atoms with Crippen LogP contribution in [0.3, 0.4) is 0 Å². The summed E-state index contributed by atoms with van der Waals surface area (Å²) in [6.07, 6.45) is 3.79. The number of nitrogens with zero attached hydrogens (tertiary/aromatic N) is 2. The molecule has 0 bridgehead atoms. The third-order valence-electron chi connectivity index (χ3n) is 2.10. The molecule has 0 aliphatic rings. The second-order valence-corrected chi connectivity index (χ2v) is 3.23. The van der Waals surface area contributed by atoms with Crippen LogP contribution >= 0.6 is 0 Å². The molecule has 0 fully saturated rings. The summed E-state index contributed by atoms with van der Waals surface area (Å²) < 4.78 is 2.04. The lowest BCUT2D eigenvalue weighted by Gasteiger charge is -2.00. The van der Waals surface area contributed by atoms with Crippen molar-refractivity contribution in [1.29, 1.82) is 0 Å². The van der Waals surface area contributed by atoms with Crippen LogP contribution in [0.15, 0.2) is 42.9 Å². The summed E-state index contributed by atoms with van der Waals surface area (Å²) in [4.78, 5) is 4.17. The van der Waals surface area contributed by atoms with Crippen molar-refractivity contribution in [3.63, 3.8) is 0 Å². The third-order valence-corrected chi connectivity index (χ3v) is 2.10. The quantitative estimate of drug-likeness (QED) is 0.789. The Morgan fingerprint density at radius 3 is 2.64 bits per heavy atom. The first-order valence-corrected chi connectivity index (χ1v) is 4.63. The van der Waals surface area contributed by atoms with Crippen molar-refractivity contribution in [2.24, 2.45) is 5.73 Å². The van der Waals surface area contributed by atoms with Gasteiger partial charge in [0.05, 0.1) is 12.0 Å². The van der Waals surface area contributed by atoms with Crippen LogP contribution in [0.25, 0.3) is 0 Å². The van der Waals surface area contributed by atoms with Gasteiger partial charge in [0, 0.05) is 19.3 Å². The summed E-state index contributed by atoms with van der Waals surface area (Å²) in [7, 11) is 0. The van der Waals surface area contributed by atoms with Crippen LogP contribution in [0.2, 0.25) is 0 Å². The van der Waals surface area contributed by atoms with Gasteiger partial charge in [-0.2, -0.15) is 0 Å². The topological polar surface area (TPSA) is 43.8 Å². The number of nitrogens with two attached hydrogens (primary N) is 1. The number of hydrogen-bond donors (Lipinski definition) is 1. The molecule has 2 aromatic rings. The number of benzene rings is 1. The Morgan fingerprint density at radius 1 is 1.21 bits per heavy atom. The van der Waals surface area contributed by atoms with E-state index in [2.05, 4.69) is 17.1 Å². The number of rotatable bonds is 3. The highest BCUT2D eigenvalue weighted by Crippen LogP contribution is 2.03. The van der Waals surface area contributed by atoms with Crippen LogP contribution in [-0.2, 0) is 13.1 Å². The molecular formula is C11H13N3. The fraction of sp³-hybridized carbons (Fsp3) is 0.182. The van der Waals surface area contributed by atoms with Crippen LogP contribution in [0, 0.1) is 0 Å². The van der Waals surface area contributed by atoms with E-state index in [9.17, 15) is 0 Å². The molecule has 0 aliphatic heterocycles. The highest BCUT2D eigenvalue weighted by atomic mass is 15.0. The van der Waals surface area contributed by atoms with E-state index < -0.39 is 0 Å². The summed E-state index contributed by atoms with van der Waals surface area (Å²) in [6.45, 7) is 1.36. The van der Waals surface area contributed by atoms with Gasteiger partial charge in [0.2, 0.25) is 0 Å². The molecule has 3 nitrogen and oxygen atoms in total. The minimum absolute atomic E-state index is 0.502. The van der Waals surface area contributed by atoms with Crippen LogP contribution in [0.4, 0.5) is 0 Å². The molecule has 0 saturated heterocycles. The monoisotopic (exact) mass is 187 g/mol. The molecule has 72 valence electrons. The zero-order chi connectivity index (χ0) is 9.80. The van der Waals surface area contributed by atoms with Gasteiger partial charge in [-0.05, 0) is 5.56 Å². The average Bonchev–Trinajstić information content (AvgIpc) is 2.67. The molecule has 1 aromatic heterocycles. The van der Waals surface area contributed by atoms with Gasteiger partial charge in [-0.3, -0.25) is 0 Å². The maximum absolute atomic E-state index is 5.48. The van der Waals surface area contributed by atoms with Gasteiger partial charge in [0.1, 0.15) is 0 Å². The number of aromatic nitrogens is 2. The van der Waals surface area contributed by atoms with Gasteiger partial charge >= 0.3 is 0 Å². The molecule has 2 rings (SSSR count). The summed E-state index contributed by atoms with van der Waals surface area (Å²) in [6, 6.07) is 10.3.